The predicted molar refractivity (Wildman–Crippen MR) is 70.0 cm³/mol. The highest BCUT2D eigenvalue weighted by molar-refractivity contribution is 6.05. The van der Waals surface area contributed by atoms with Crippen LogP contribution in [0.5, 0.6) is 0 Å². The molecule has 0 fully saturated rings. The maximum Gasteiger partial charge on any atom is 0.250 e. The number of hydrogen-bond donors (Lipinski definition) is 2. The molecule has 3 N–H and O–H groups in total. The van der Waals surface area contributed by atoms with E-state index < -0.39 is 0 Å². The van der Waals surface area contributed by atoms with E-state index in [2.05, 4.69) is 12.2 Å². The topological polar surface area (TPSA) is 77.5 Å². The third kappa shape index (κ3) is 2.62. The zero-order valence-electron chi connectivity index (χ0n) is 9.94. The molecule has 0 aliphatic carbocycles. The molecule has 0 aliphatic rings. The fourth-order valence-electron chi connectivity index (χ4n) is 1.64. The van der Waals surface area contributed by atoms with Gasteiger partial charge in [-0.3, -0.25) is 4.79 Å². The molecule has 2 aromatic rings. The first-order valence-electron chi connectivity index (χ1n) is 5.66. The zero-order chi connectivity index (χ0) is 13.0. The second-order valence-electron chi connectivity index (χ2n) is 3.79. The minimum absolute atomic E-state index is 0.0194. The minimum Gasteiger partial charge on any atom is -0.439 e. The van der Waals surface area contributed by atoms with E-state index in [0.29, 0.717) is 24.3 Å². The summed E-state index contributed by atoms with van der Waals surface area (Å²) in [6.45, 7) is 4.06. The molecular weight excluding hydrogens is 232 g/mol. The first-order chi connectivity index (χ1) is 8.72. The fraction of sp³-hybridized carbons (Fsp3) is 0.231. The first-order valence-corrected chi connectivity index (χ1v) is 5.66. The molecule has 95 valence electrons. The molecule has 0 saturated heterocycles. The predicted octanol–water partition coefficient (Wildman–Crippen LogP) is 2.19. The van der Waals surface area contributed by atoms with Crippen molar-refractivity contribution in [2.24, 2.45) is 0 Å². The second-order valence-corrected chi connectivity index (χ2v) is 3.79. The van der Waals surface area contributed by atoms with Gasteiger partial charge in [0, 0.05) is 12.0 Å². The van der Waals surface area contributed by atoms with E-state index in [4.69, 9.17) is 14.9 Å². The molecule has 1 aromatic heterocycles. The number of nitrogens with one attached hydrogen (secondary N) is 1. The van der Waals surface area contributed by atoms with Crippen molar-refractivity contribution in [3.63, 3.8) is 0 Å². The summed E-state index contributed by atoms with van der Waals surface area (Å²) in [4.78, 5) is 11.6. The Hall–Kier alpha value is -2.01. The lowest BCUT2D eigenvalue weighted by Gasteiger charge is -2.04. The van der Waals surface area contributed by atoms with E-state index >= 15 is 0 Å². The van der Waals surface area contributed by atoms with E-state index in [9.17, 15) is 4.79 Å². The van der Waals surface area contributed by atoms with Crippen LogP contribution in [0.25, 0.3) is 11.0 Å². The summed E-state index contributed by atoms with van der Waals surface area (Å²) in [5, 5.41) is 3.47. The van der Waals surface area contributed by atoms with E-state index in [0.717, 1.165) is 5.39 Å². The lowest BCUT2D eigenvalue weighted by atomic mass is 10.2. The molecule has 1 aromatic carbocycles. The summed E-state index contributed by atoms with van der Waals surface area (Å²) in [5.74, 6) is -0.0663. The van der Waals surface area contributed by atoms with Crippen LogP contribution in [0.15, 0.2) is 28.7 Å². The van der Waals surface area contributed by atoms with Crippen LogP contribution < -0.4 is 11.1 Å². The average molecular weight is 247 g/mol. The van der Waals surface area contributed by atoms with Crippen LogP contribution >= 0.6 is 0 Å². The highest BCUT2D eigenvalue weighted by Crippen LogP contribution is 2.32. The summed E-state index contributed by atoms with van der Waals surface area (Å²) in [6, 6.07) is 7.32. The van der Waals surface area contributed by atoms with Crippen LogP contribution in [0.1, 0.15) is 6.42 Å². The van der Waals surface area contributed by atoms with Gasteiger partial charge in [0.2, 0.25) is 5.88 Å². The highest BCUT2D eigenvalue weighted by atomic mass is 16.5. The van der Waals surface area contributed by atoms with Gasteiger partial charge in [-0.15, -0.1) is 0 Å². The Morgan fingerprint density at radius 1 is 1.44 bits per heavy atom. The highest BCUT2D eigenvalue weighted by Gasteiger charge is 2.13. The van der Waals surface area contributed by atoms with Crippen molar-refractivity contribution in [1.29, 1.82) is 0 Å². The van der Waals surface area contributed by atoms with Gasteiger partial charge in [-0.25, -0.2) is 0 Å². The van der Waals surface area contributed by atoms with Gasteiger partial charge in [-0.1, -0.05) is 19.1 Å². The van der Waals surface area contributed by atoms with Gasteiger partial charge in [0.05, 0.1) is 0 Å². The van der Waals surface area contributed by atoms with Crippen molar-refractivity contribution in [2.75, 3.05) is 24.3 Å². The number of rotatable bonds is 5. The number of benzene rings is 1. The summed E-state index contributed by atoms with van der Waals surface area (Å²) < 4.78 is 10.4. The van der Waals surface area contributed by atoms with Gasteiger partial charge in [0.25, 0.3) is 5.91 Å². The Morgan fingerprint density at radius 2 is 2.22 bits per heavy atom. The van der Waals surface area contributed by atoms with Crippen LogP contribution in [0.3, 0.4) is 0 Å². The van der Waals surface area contributed by atoms with E-state index in [-0.39, 0.29) is 18.4 Å². The maximum absolute atomic E-state index is 11.6. The van der Waals surface area contributed by atoms with Crippen LogP contribution in [0, 0.1) is 6.92 Å². The summed E-state index contributed by atoms with van der Waals surface area (Å²) >= 11 is 0. The van der Waals surface area contributed by atoms with Gasteiger partial charge in [0.1, 0.15) is 17.9 Å². The number of nitrogen functional groups attached to an aromatic ring is 1. The van der Waals surface area contributed by atoms with Crippen molar-refractivity contribution >= 4 is 28.4 Å². The Kier molecular flexibility index (Phi) is 3.84. The smallest absolute Gasteiger partial charge is 0.250 e. The molecule has 0 atom stereocenters. The maximum atomic E-state index is 11.6. The number of carbonyl (C=O) groups is 1. The van der Waals surface area contributed by atoms with E-state index in [1.165, 1.54) is 0 Å². The molecule has 2 rings (SSSR count). The minimum atomic E-state index is -0.262. The lowest BCUT2D eigenvalue weighted by Crippen LogP contribution is -2.18. The van der Waals surface area contributed by atoms with Gasteiger partial charge in [-0.2, -0.15) is 0 Å². The third-order valence-electron chi connectivity index (χ3n) is 2.41. The third-order valence-corrected chi connectivity index (χ3v) is 2.41. The summed E-state index contributed by atoms with van der Waals surface area (Å²) in [7, 11) is 0. The molecule has 0 saturated carbocycles. The van der Waals surface area contributed by atoms with Crippen molar-refractivity contribution in [3.8, 4) is 0 Å². The number of anilines is 2. The lowest BCUT2D eigenvalue weighted by molar-refractivity contribution is -0.120. The first kappa shape index (κ1) is 12.4. The van der Waals surface area contributed by atoms with Crippen molar-refractivity contribution in [2.45, 2.75) is 6.42 Å². The summed E-state index contributed by atoms with van der Waals surface area (Å²) in [6.07, 6.45) is 0.629. The molecule has 18 heavy (non-hydrogen) atoms. The largest absolute Gasteiger partial charge is 0.439 e. The van der Waals surface area contributed by atoms with Crippen LogP contribution in [0.4, 0.5) is 11.6 Å². The van der Waals surface area contributed by atoms with Crippen LogP contribution in [-0.4, -0.2) is 19.1 Å². The van der Waals surface area contributed by atoms with E-state index in [1.54, 1.807) is 6.07 Å². The molecule has 0 spiro atoms. The quantitative estimate of drug-likeness (QED) is 0.794. The molecule has 0 bridgehead atoms. The van der Waals surface area contributed by atoms with Gasteiger partial charge in [-0.05, 0) is 18.6 Å². The second kappa shape index (κ2) is 5.55. The van der Waals surface area contributed by atoms with Crippen molar-refractivity contribution in [3.05, 3.63) is 31.2 Å². The molecule has 5 heteroatoms. The van der Waals surface area contributed by atoms with Crippen molar-refractivity contribution < 1.29 is 13.9 Å². The molecular formula is C13H15N2O3. The number of fused-ring (bicyclic) bond motifs is 1. The SMILES string of the molecule is [CH2]CCOCC(=O)Nc1c(N)oc2ccccc12. The monoisotopic (exact) mass is 247 g/mol. The Balaban J connectivity index is 2.11. The Bertz CT molecular complexity index is 548. The van der Waals surface area contributed by atoms with E-state index in [1.807, 2.05) is 18.2 Å². The van der Waals surface area contributed by atoms with Crippen LogP contribution in [0.2, 0.25) is 0 Å². The molecule has 0 unspecified atom stereocenters. The molecule has 1 amide bonds. The number of ether oxygens (including phenoxy) is 1. The van der Waals surface area contributed by atoms with Gasteiger partial charge in [0.15, 0.2) is 0 Å². The number of para-hydroxylation sites is 1. The Labute approximate surface area is 105 Å². The van der Waals surface area contributed by atoms with Crippen LogP contribution in [-0.2, 0) is 9.53 Å². The van der Waals surface area contributed by atoms with Gasteiger partial charge >= 0.3 is 0 Å². The zero-order valence-corrected chi connectivity index (χ0v) is 9.94. The number of amides is 1. The average Bonchev–Trinajstić information content (AvgIpc) is 2.67. The molecule has 0 aliphatic heterocycles. The standard InChI is InChI=1S/C13H15N2O3/c1-2-7-17-8-11(16)15-12-9-5-3-4-6-10(9)18-13(12)14/h3-6H,1-2,7-8,14H2,(H,15,16). The molecule has 1 radical (unpaired) electrons. The number of nitrogens with two attached hydrogens (primary N) is 1. The normalized spacial score (nSPS) is 10.7. The van der Waals surface area contributed by atoms with Gasteiger partial charge < -0.3 is 20.2 Å². The molecule has 1 heterocycles. The molecule has 5 nitrogen and oxygen atoms in total. The summed E-state index contributed by atoms with van der Waals surface area (Å²) in [5.41, 5.74) is 6.86. The number of hydrogen-bond acceptors (Lipinski definition) is 4. The fourth-order valence-corrected chi connectivity index (χ4v) is 1.64. The number of furan rings is 1. The van der Waals surface area contributed by atoms with Crippen molar-refractivity contribution in [1.82, 2.24) is 0 Å². The Morgan fingerprint density at radius 3 is 3.00 bits per heavy atom. The number of carbonyl (C=O) groups excluding carboxylic acids is 1.